The van der Waals surface area contributed by atoms with Gasteiger partial charge in [-0.2, -0.15) is 0 Å². The maximum absolute atomic E-state index is 5.92. The first kappa shape index (κ1) is 10.7. The average molecular weight is 245 g/mol. The molecule has 1 aromatic carbocycles. The van der Waals surface area contributed by atoms with Crippen molar-refractivity contribution in [2.75, 3.05) is 26.3 Å². The van der Waals surface area contributed by atoms with Crippen molar-refractivity contribution in [3.8, 4) is 11.5 Å². The van der Waals surface area contributed by atoms with E-state index in [1.54, 1.807) is 0 Å². The molecule has 1 atom stereocenters. The quantitative estimate of drug-likeness (QED) is 0.821. The van der Waals surface area contributed by atoms with Gasteiger partial charge in [-0.3, -0.25) is 0 Å². The highest BCUT2D eigenvalue weighted by Gasteiger charge is 2.31. The highest BCUT2D eigenvalue weighted by atomic mass is 16.5. The van der Waals surface area contributed by atoms with Crippen molar-refractivity contribution in [3.05, 3.63) is 22.8 Å². The standard InChI is InChI=1S/C15H19NO2/c1-2-11(9-16-5-1)14-12-4-7-17-13(12)8-10-3-6-18-15(10)14/h8,11,16H,1-7,9H2. The Labute approximate surface area is 107 Å². The molecule has 0 spiro atoms. The molecular weight excluding hydrogens is 226 g/mol. The third-order valence-corrected chi connectivity index (χ3v) is 4.40. The Kier molecular flexibility index (Phi) is 2.47. The van der Waals surface area contributed by atoms with Crippen molar-refractivity contribution in [1.29, 1.82) is 0 Å². The summed E-state index contributed by atoms with van der Waals surface area (Å²) in [6.07, 6.45) is 4.64. The van der Waals surface area contributed by atoms with E-state index in [4.69, 9.17) is 9.47 Å². The van der Waals surface area contributed by atoms with Crippen LogP contribution in [-0.2, 0) is 12.8 Å². The fourth-order valence-corrected chi connectivity index (χ4v) is 3.55. The van der Waals surface area contributed by atoms with Gasteiger partial charge >= 0.3 is 0 Å². The van der Waals surface area contributed by atoms with E-state index in [0.29, 0.717) is 5.92 Å². The van der Waals surface area contributed by atoms with Crippen LogP contribution in [0.2, 0.25) is 0 Å². The van der Waals surface area contributed by atoms with Gasteiger partial charge in [0, 0.05) is 42.0 Å². The second-order valence-electron chi connectivity index (χ2n) is 5.50. The highest BCUT2D eigenvalue weighted by molar-refractivity contribution is 5.58. The van der Waals surface area contributed by atoms with E-state index >= 15 is 0 Å². The zero-order valence-corrected chi connectivity index (χ0v) is 10.6. The molecule has 1 saturated heterocycles. The van der Waals surface area contributed by atoms with Gasteiger partial charge < -0.3 is 14.8 Å². The zero-order chi connectivity index (χ0) is 11.9. The number of hydrogen-bond donors (Lipinski definition) is 1. The molecule has 0 saturated carbocycles. The van der Waals surface area contributed by atoms with Crippen LogP contribution in [0.25, 0.3) is 0 Å². The van der Waals surface area contributed by atoms with E-state index in [1.807, 2.05) is 0 Å². The number of ether oxygens (including phenoxy) is 2. The summed E-state index contributed by atoms with van der Waals surface area (Å²) in [4.78, 5) is 0. The maximum atomic E-state index is 5.92. The van der Waals surface area contributed by atoms with Crippen molar-refractivity contribution in [3.63, 3.8) is 0 Å². The first-order valence-corrected chi connectivity index (χ1v) is 7.08. The Bertz CT molecular complexity index is 446. The van der Waals surface area contributed by atoms with Crippen molar-refractivity contribution in [2.45, 2.75) is 31.6 Å². The van der Waals surface area contributed by atoms with Crippen LogP contribution in [-0.4, -0.2) is 26.3 Å². The molecule has 3 heteroatoms. The maximum Gasteiger partial charge on any atom is 0.126 e. The molecule has 1 fully saturated rings. The van der Waals surface area contributed by atoms with Crippen LogP contribution in [0.3, 0.4) is 0 Å². The summed E-state index contributed by atoms with van der Waals surface area (Å²) < 4.78 is 11.7. The average Bonchev–Trinajstić information content (AvgIpc) is 3.04. The second-order valence-corrected chi connectivity index (χ2v) is 5.50. The Hall–Kier alpha value is -1.22. The van der Waals surface area contributed by atoms with Gasteiger partial charge in [-0.05, 0) is 25.5 Å². The fourth-order valence-electron chi connectivity index (χ4n) is 3.55. The summed E-state index contributed by atoms with van der Waals surface area (Å²) in [5, 5.41) is 3.52. The van der Waals surface area contributed by atoms with Gasteiger partial charge in [0.25, 0.3) is 0 Å². The third-order valence-electron chi connectivity index (χ3n) is 4.40. The van der Waals surface area contributed by atoms with Crippen molar-refractivity contribution < 1.29 is 9.47 Å². The molecule has 3 aliphatic rings. The highest BCUT2D eigenvalue weighted by Crippen LogP contribution is 2.45. The smallest absolute Gasteiger partial charge is 0.126 e. The lowest BCUT2D eigenvalue weighted by molar-refractivity contribution is 0.345. The molecule has 0 aliphatic carbocycles. The molecular formula is C15H19NO2. The van der Waals surface area contributed by atoms with Gasteiger partial charge in [0.2, 0.25) is 0 Å². The van der Waals surface area contributed by atoms with Crippen molar-refractivity contribution in [1.82, 2.24) is 5.32 Å². The largest absolute Gasteiger partial charge is 0.493 e. The topological polar surface area (TPSA) is 30.5 Å². The van der Waals surface area contributed by atoms with Crippen LogP contribution in [0.1, 0.15) is 35.4 Å². The van der Waals surface area contributed by atoms with Gasteiger partial charge in [0.1, 0.15) is 11.5 Å². The molecule has 4 rings (SSSR count). The number of piperidine rings is 1. The monoisotopic (exact) mass is 245 g/mol. The summed E-state index contributed by atoms with van der Waals surface area (Å²) in [5.74, 6) is 2.93. The Morgan fingerprint density at radius 1 is 1.17 bits per heavy atom. The summed E-state index contributed by atoms with van der Waals surface area (Å²) in [5.41, 5.74) is 4.24. The van der Waals surface area contributed by atoms with Crippen LogP contribution in [0.4, 0.5) is 0 Å². The Morgan fingerprint density at radius 3 is 3.00 bits per heavy atom. The lowest BCUT2D eigenvalue weighted by Gasteiger charge is -2.26. The van der Waals surface area contributed by atoms with E-state index in [9.17, 15) is 0 Å². The molecule has 0 bridgehead atoms. The van der Waals surface area contributed by atoms with Crippen molar-refractivity contribution in [2.24, 2.45) is 0 Å². The molecule has 0 radical (unpaired) electrons. The predicted octanol–water partition coefficient (Wildman–Crippen LogP) is 2.02. The Balaban J connectivity index is 1.84. The zero-order valence-electron chi connectivity index (χ0n) is 10.6. The number of rotatable bonds is 1. The van der Waals surface area contributed by atoms with Gasteiger partial charge in [-0.1, -0.05) is 0 Å². The van der Waals surface area contributed by atoms with Gasteiger partial charge in [-0.25, -0.2) is 0 Å². The van der Waals surface area contributed by atoms with E-state index in [1.165, 1.54) is 35.3 Å². The summed E-state index contributed by atoms with van der Waals surface area (Å²) >= 11 is 0. The molecule has 1 unspecified atom stereocenters. The van der Waals surface area contributed by atoms with Gasteiger partial charge in [0.05, 0.1) is 13.2 Å². The molecule has 96 valence electrons. The van der Waals surface area contributed by atoms with Crippen LogP contribution >= 0.6 is 0 Å². The van der Waals surface area contributed by atoms with Crippen LogP contribution in [0, 0.1) is 0 Å². The van der Waals surface area contributed by atoms with E-state index in [-0.39, 0.29) is 0 Å². The third kappa shape index (κ3) is 1.53. The summed E-state index contributed by atoms with van der Waals surface area (Å²) in [7, 11) is 0. The normalized spacial score (nSPS) is 25.2. The Morgan fingerprint density at radius 2 is 2.11 bits per heavy atom. The van der Waals surface area contributed by atoms with Crippen LogP contribution < -0.4 is 14.8 Å². The molecule has 3 nitrogen and oxygen atoms in total. The lowest BCUT2D eigenvalue weighted by atomic mass is 9.85. The fraction of sp³-hybridized carbons (Fsp3) is 0.600. The molecule has 1 aromatic rings. The number of hydrogen-bond acceptors (Lipinski definition) is 3. The predicted molar refractivity (Wildman–Crippen MR) is 69.7 cm³/mol. The van der Waals surface area contributed by atoms with E-state index < -0.39 is 0 Å². The number of nitrogens with one attached hydrogen (secondary N) is 1. The SMILES string of the molecule is c1c2c(c(C3CCCNC3)c3c1OCC3)OCC2. The van der Waals surface area contributed by atoms with Gasteiger partial charge in [-0.15, -0.1) is 0 Å². The molecule has 0 amide bonds. The summed E-state index contributed by atoms with van der Waals surface area (Å²) in [6, 6.07) is 2.21. The summed E-state index contributed by atoms with van der Waals surface area (Å²) in [6.45, 7) is 3.92. The minimum Gasteiger partial charge on any atom is -0.493 e. The second kappa shape index (κ2) is 4.16. The number of benzene rings is 1. The first-order chi connectivity index (χ1) is 8.93. The molecule has 3 aliphatic heterocycles. The minimum absolute atomic E-state index is 0.613. The van der Waals surface area contributed by atoms with E-state index in [2.05, 4.69) is 11.4 Å². The van der Waals surface area contributed by atoms with Gasteiger partial charge in [0.15, 0.2) is 0 Å². The van der Waals surface area contributed by atoms with Crippen LogP contribution in [0.15, 0.2) is 6.07 Å². The van der Waals surface area contributed by atoms with E-state index in [0.717, 1.165) is 44.9 Å². The molecule has 18 heavy (non-hydrogen) atoms. The van der Waals surface area contributed by atoms with Crippen molar-refractivity contribution >= 4 is 0 Å². The minimum atomic E-state index is 0.613. The molecule has 3 heterocycles. The van der Waals surface area contributed by atoms with Crippen LogP contribution in [0.5, 0.6) is 11.5 Å². The molecule has 0 aromatic heterocycles. The number of fused-ring (bicyclic) bond motifs is 2. The molecule has 1 N–H and O–H groups in total. The first-order valence-electron chi connectivity index (χ1n) is 7.08. The lowest BCUT2D eigenvalue weighted by Crippen LogP contribution is -2.29.